The zero-order chi connectivity index (χ0) is 15.0. The molecule has 3 rings (SSSR count). The molecule has 0 unspecified atom stereocenters. The Kier molecular flexibility index (Phi) is 3.78. The van der Waals surface area contributed by atoms with Crippen LogP contribution in [0, 0.1) is 0 Å². The average Bonchev–Trinajstić information content (AvgIpc) is 2.66. The number of fused-ring (bicyclic) bond motifs is 2. The zero-order valence-electron chi connectivity index (χ0n) is 11.7. The summed E-state index contributed by atoms with van der Waals surface area (Å²) in [7, 11) is 0. The summed E-state index contributed by atoms with van der Waals surface area (Å²) in [4.78, 5) is 13.9. The SMILES string of the molecule is O=C1C[C@H]2CC[C@@H](C1)N2CCc1ccc(C(F)(F)F)cc1. The molecule has 2 bridgehead atoms. The first-order chi connectivity index (χ1) is 9.93. The van der Waals surface area contributed by atoms with Crippen molar-refractivity contribution < 1.29 is 18.0 Å². The van der Waals surface area contributed by atoms with Gasteiger partial charge in [-0.2, -0.15) is 13.2 Å². The van der Waals surface area contributed by atoms with Crippen LogP contribution in [0.3, 0.4) is 0 Å². The van der Waals surface area contributed by atoms with Crippen LogP contribution in [0.25, 0.3) is 0 Å². The highest BCUT2D eigenvalue weighted by atomic mass is 19.4. The maximum atomic E-state index is 12.5. The number of rotatable bonds is 3. The molecule has 0 saturated carbocycles. The topological polar surface area (TPSA) is 20.3 Å². The molecule has 21 heavy (non-hydrogen) atoms. The molecule has 2 saturated heterocycles. The molecular weight excluding hydrogens is 279 g/mol. The van der Waals surface area contributed by atoms with Crippen molar-refractivity contribution in [2.24, 2.45) is 0 Å². The molecule has 2 heterocycles. The van der Waals surface area contributed by atoms with Crippen molar-refractivity contribution in [3.05, 3.63) is 35.4 Å². The zero-order valence-corrected chi connectivity index (χ0v) is 11.7. The second-order valence-corrected chi connectivity index (χ2v) is 6.01. The lowest BCUT2D eigenvalue weighted by Crippen LogP contribution is -2.44. The summed E-state index contributed by atoms with van der Waals surface area (Å²) in [5, 5.41) is 0. The number of halogens is 3. The monoisotopic (exact) mass is 297 g/mol. The second kappa shape index (κ2) is 5.44. The highest BCUT2D eigenvalue weighted by molar-refractivity contribution is 5.80. The summed E-state index contributed by atoms with van der Waals surface area (Å²) in [6.07, 6.45) is -0.107. The number of ketones is 1. The highest BCUT2D eigenvalue weighted by Crippen LogP contribution is 2.34. The fourth-order valence-corrected chi connectivity index (χ4v) is 3.55. The standard InChI is InChI=1S/C16H18F3NO/c17-16(18,19)12-3-1-11(2-4-12)7-8-20-13-5-6-14(20)10-15(21)9-13/h1-4,13-14H,5-10H2/t13-,14+. The van der Waals surface area contributed by atoms with Gasteiger partial charge in [-0.25, -0.2) is 0 Å². The van der Waals surface area contributed by atoms with E-state index in [0.29, 0.717) is 30.7 Å². The van der Waals surface area contributed by atoms with Crippen LogP contribution in [0.5, 0.6) is 0 Å². The Morgan fingerprint density at radius 2 is 1.62 bits per heavy atom. The van der Waals surface area contributed by atoms with E-state index in [2.05, 4.69) is 4.90 Å². The summed E-state index contributed by atoms with van der Waals surface area (Å²) in [5.74, 6) is 0.355. The smallest absolute Gasteiger partial charge is 0.300 e. The molecule has 0 spiro atoms. The lowest BCUT2D eigenvalue weighted by molar-refractivity contribution is -0.137. The van der Waals surface area contributed by atoms with Gasteiger partial charge in [0.1, 0.15) is 5.78 Å². The molecule has 2 atom stereocenters. The quantitative estimate of drug-likeness (QED) is 0.852. The predicted octanol–water partition coefficient (Wildman–Crippen LogP) is 3.44. The molecule has 0 radical (unpaired) electrons. The van der Waals surface area contributed by atoms with Crippen LogP contribution in [0.15, 0.2) is 24.3 Å². The van der Waals surface area contributed by atoms with E-state index in [-0.39, 0.29) is 0 Å². The number of Topliss-reactive ketones (excluding diaryl/α,β-unsaturated/α-hetero) is 1. The number of alkyl halides is 3. The van der Waals surface area contributed by atoms with Gasteiger partial charge >= 0.3 is 6.18 Å². The third kappa shape index (κ3) is 3.12. The van der Waals surface area contributed by atoms with Gasteiger partial charge in [-0.05, 0) is 37.0 Å². The van der Waals surface area contributed by atoms with E-state index < -0.39 is 11.7 Å². The third-order valence-electron chi connectivity index (χ3n) is 4.64. The number of piperidine rings is 1. The van der Waals surface area contributed by atoms with Gasteiger partial charge in [0.2, 0.25) is 0 Å². The van der Waals surface area contributed by atoms with Crippen LogP contribution in [0.1, 0.15) is 36.8 Å². The molecule has 2 aliphatic rings. The van der Waals surface area contributed by atoms with Crippen molar-refractivity contribution in [2.75, 3.05) is 6.54 Å². The minimum Gasteiger partial charge on any atom is -0.300 e. The van der Waals surface area contributed by atoms with Crippen LogP contribution < -0.4 is 0 Å². The van der Waals surface area contributed by atoms with Crippen LogP contribution in [0.2, 0.25) is 0 Å². The van der Waals surface area contributed by atoms with Gasteiger partial charge in [0.25, 0.3) is 0 Å². The molecule has 114 valence electrons. The summed E-state index contributed by atoms with van der Waals surface area (Å²) < 4.78 is 37.5. The van der Waals surface area contributed by atoms with Crippen LogP contribution >= 0.6 is 0 Å². The number of benzene rings is 1. The van der Waals surface area contributed by atoms with Gasteiger partial charge in [-0.15, -0.1) is 0 Å². The molecule has 0 amide bonds. The fraction of sp³-hybridized carbons (Fsp3) is 0.562. The van der Waals surface area contributed by atoms with Crippen molar-refractivity contribution in [3.63, 3.8) is 0 Å². The molecule has 5 heteroatoms. The maximum Gasteiger partial charge on any atom is 0.416 e. The first kappa shape index (κ1) is 14.6. The summed E-state index contributed by atoms with van der Waals surface area (Å²) in [5.41, 5.74) is 0.314. The van der Waals surface area contributed by atoms with E-state index in [0.717, 1.165) is 43.5 Å². The molecule has 2 nitrogen and oxygen atoms in total. The van der Waals surface area contributed by atoms with Gasteiger partial charge in [-0.1, -0.05) is 12.1 Å². The van der Waals surface area contributed by atoms with Gasteiger partial charge in [0.15, 0.2) is 0 Å². The van der Waals surface area contributed by atoms with Crippen molar-refractivity contribution >= 4 is 5.78 Å². The van der Waals surface area contributed by atoms with Crippen molar-refractivity contribution in [3.8, 4) is 0 Å². The van der Waals surface area contributed by atoms with Gasteiger partial charge in [0.05, 0.1) is 5.56 Å². The number of carbonyl (C=O) groups excluding carboxylic acids is 1. The molecule has 2 aliphatic heterocycles. The van der Waals surface area contributed by atoms with E-state index in [4.69, 9.17) is 0 Å². The van der Waals surface area contributed by atoms with E-state index >= 15 is 0 Å². The summed E-state index contributed by atoms with van der Waals surface area (Å²) in [6, 6.07) is 6.10. The molecule has 1 aromatic carbocycles. The highest BCUT2D eigenvalue weighted by Gasteiger charge is 2.39. The molecule has 1 aromatic rings. The molecule has 0 aromatic heterocycles. The molecular formula is C16H18F3NO. The lowest BCUT2D eigenvalue weighted by atomic mass is 10.0. The van der Waals surface area contributed by atoms with Gasteiger partial charge < -0.3 is 0 Å². The van der Waals surface area contributed by atoms with E-state index in [1.54, 1.807) is 12.1 Å². The van der Waals surface area contributed by atoms with Gasteiger partial charge in [-0.3, -0.25) is 9.69 Å². The predicted molar refractivity (Wildman–Crippen MR) is 72.9 cm³/mol. The van der Waals surface area contributed by atoms with E-state index in [9.17, 15) is 18.0 Å². The van der Waals surface area contributed by atoms with Crippen LogP contribution in [-0.4, -0.2) is 29.3 Å². The Morgan fingerprint density at radius 1 is 1.05 bits per heavy atom. The molecule has 0 aliphatic carbocycles. The number of hydrogen-bond donors (Lipinski definition) is 0. The Bertz CT molecular complexity index is 507. The largest absolute Gasteiger partial charge is 0.416 e. The minimum atomic E-state index is -4.27. The normalized spacial score (nSPS) is 26.3. The molecule has 0 N–H and O–H groups in total. The molecule has 2 fully saturated rings. The van der Waals surface area contributed by atoms with Crippen molar-refractivity contribution in [2.45, 2.75) is 50.4 Å². The minimum absolute atomic E-state index is 0.352. The lowest BCUT2D eigenvalue weighted by Gasteiger charge is -2.33. The number of hydrogen-bond acceptors (Lipinski definition) is 2. The fourth-order valence-electron chi connectivity index (χ4n) is 3.55. The first-order valence-corrected chi connectivity index (χ1v) is 7.37. The Labute approximate surface area is 121 Å². The Hall–Kier alpha value is -1.36. The second-order valence-electron chi connectivity index (χ2n) is 6.01. The van der Waals surface area contributed by atoms with Crippen molar-refractivity contribution in [1.29, 1.82) is 0 Å². The van der Waals surface area contributed by atoms with Crippen LogP contribution in [0.4, 0.5) is 13.2 Å². The van der Waals surface area contributed by atoms with Crippen LogP contribution in [-0.2, 0) is 17.4 Å². The van der Waals surface area contributed by atoms with Gasteiger partial charge in [0, 0.05) is 31.5 Å². The van der Waals surface area contributed by atoms with E-state index in [1.165, 1.54) is 0 Å². The summed E-state index contributed by atoms with van der Waals surface area (Å²) >= 11 is 0. The third-order valence-corrected chi connectivity index (χ3v) is 4.64. The van der Waals surface area contributed by atoms with E-state index in [1.807, 2.05) is 0 Å². The summed E-state index contributed by atoms with van der Waals surface area (Å²) in [6.45, 7) is 0.827. The maximum absolute atomic E-state index is 12.5. The Morgan fingerprint density at radius 3 is 2.14 bits per heavy atom. The number of nitrogens with zero attached hydrogens (tertiary/aromatic N) is 1. The first-order valence-electron chi connectivity index (χ1n) is 7.37. The van der Waals surface area contributed by atoms with Crippen molar-refractivity contribution in [1.82, 2.24) is 4.90 Å². The Balaban J connectivity index is 1.60. The number of carbonyl (C=O) groups is 1. The average molecular weight is 297 g/mol.